The van der Waals surface area contributed by atoms with E-state index in [4.69, 9.17) is 4.74 Å². The van der Waals surface area contributed by atoms with Crippen molar-refractivity contribution in [2.24, 2.45) is 5.92 Å². The first-order valence-corrected chi connectivity index (χ1v) is 8.41. The number of aliphatic hydroxyl groups is 1. The van der Waals surface area contributed by atoms with E-state index in [1.54, 1.807) is 12.1 Å². The van der Waals surface area contributed by atoms with Crippen LogP contribution < -0.4 is 0 Å². The van der Waals surface area contributed by atoms with Crippen LogP contribution in [0.5, 0.6) is 0 Å². The van der Waals surface area contributed by atoms with E-state index in [1.807, 2.05) is 0 Å². The van der Waals surface area contributed by atoms with Gasteiger partial charge in [0.15, 0.2) is 0 Å². The summed E-state index contributed by atoms with van der Waals surface area (Å²) in [5.41, 5.74) is 0.843. The molecule has 1 aromatic rings. The van der Waals surface area contributed by atoms with Crippen molar-refractivity contribution >= 4 is 5.69 Å². The van der Waals surface area contributed by atoms with E-state index in [0.29, 0.717) is 6.04 Å². The van der Waals surface area contributed by atoms with Gasteiger partial charge in [0.2, 0.25) is 0 Å². The Balaban J connectivity index is 1.74. The third kappa shape index (κ3) is 3.71. The predicted octanol–water partition coefficient (Wildman–Crippen LogP) is 2.52. The molecule has 1 aromatic carbocycles. The van der Waals surface area contributed by atoms with Crippen LogP contribution in [0.1, 0.15) is 37.4 Å². The van der Waals surface area contributed by atoms with Crippen LogP contribution in [0.15, 0.2) is 24.3 Å². The van der Waals surface area contributed by atoms with E-state index >= 15 is 0 Å². The van der Waals surface area contributed by atoms with E-state index in [1.165, 1.54) is 18.6 Å². The molecule has 0 spiro atoms. The van der Waals surface area contributed by atoms with Crippen LogP contribution in [-0.4, -0.2) is 47.3 Å². The van der Waals surface area contributed by atoms with Gasteiger partial charge < -0.3 is 9.84 Å². The van der Waals surface area contributed by atoms with E-state index in [0.717, 1.165) is 51.1 Å². The number of aliphatic hydroxyl groups excluding tert-OH is 1. The van der Waals surface area contributed by atoms with Crippen molar-refractivity contribution in [2.75, 3.05) is 26.3 Å². The maximum Gasteiger partial charge on any atom is 0.269 e. The lowest BCUT2D eigenvalue weighted by atomic mass is 9.78. The molecule has 0 unspecified atom stereocenters. The van der Waals surface area contributed by atoms with Crippen molar-refractivity contribution in [3.63, 3.8) is 0 Å². The molecule has 1 aliphatic heterocycles. The van der Waals surface area contributed by atoms with Crippen LogP contribution in [0.25, 0.3) is 0 Å². The quantitative estimate of drug-likeness (QED) is 0.681. The van der Waals surface area contributed by atoms with E-state index < -0.39 is 11.0 Å². The Morgan fingerprint density at radius 2 is 1.83 bits per heavy atom. The standard InChI is InChI=1S/C17H24N2O4/c20-17(13-5-7-14(8-6-13)19(21)22)15-3-1-2-4-16(15)18-9-11-23-12-10-18/h5-8,15-17,20H,1-4,9-12H2/t15-,16-,17+/m1/s1. The summed E-state index contributed by atoms with van der Waals surface area (Å²) in [6, 6.07) is 6.70. The molecule has 0 radical (unpaired) electrons. The van der Waals surface area contributed by atoms with Gasteiger partial charge in [-0.15, -0.1) is 0 Å². The molecule has 0 aromatic heterocycles. The fourth-order valence-corrected chi connectivity index (χ4v) is 3.91. The smallest absolute Gasteiger partial charge is 0.269 e. The fraction of sp³-hybridized carbons (Fsp3) is 0.647. The zero-order valence-corrected chi connectivity index (χ0v) is 13.3. The number of hydrogen-bond donors (Lipinski definition) is 1. The molecule has 6 nitrogen and oxygen atoms in total. The Morgan fingerprint density at radius 1 is 1.17 bits per heavy atom. The van der Waals surface area contributed by atoms with E-state index in [2.05, 4.69) is 4.90 Å². The Labute approximate surface area is 136 Å². The number of nitrogens with zero attached hydrogens (tertiary/aromatic N) is 2. The largest absolute Gasteiger partial charge is 0.388 e. The predicted molar refractivity (Wildman–Crippen MR) is 86.2 cm³/mol. The van der Waals surface area contributed by atoms with Gasteiger partial charge in [-0.2, -0.15) is 0 Å². The topological polar surface area (TPSA) is 75.8 Å². The molecular formula is C17H24N2O4. The molecule has 1 saturated carbocycles. The minimum absolute atomic E-state index is 0.0642. The van der Waals surface area contributed by atoms with Gasteiger partial charge in [0.05, 0.1) is 24.2 Å². The molecule has 2 fully saturated rings. The summed E-state index contributed by atoms with van der Waals surface area (Å²) in [7, 11) is 0. The van der Waals surface area contributed by atoms with E-state index in [-0.39, 0.29) is 11.6 Å². The first kappa shape index (κ1) is 16.4. The van der Waals surface area contributed by atoms with Gasteiger partial charge in [0, 0.05) is 37.2 Å². The molecule has 3 atom stereocenters. The normalized spacial score (nSPS) is 27.5. The van der Waals surface area contributed by atoms with E-state index in [9.17, 15) is 15.2 Å². The number of non-ortho nitro benzene ring substituents is 1. The Morgan fingerprint density at radius 3 is 2.48 bits per heavy atom. The maximum absolute atomic E-state index is 10.8. The number of ether oxygens (including phenoxy) is 1. The zero-order valence-electron chi connectivity index (χ0n) is 13.3. The third-order valence-corrected chi connectivity index (χ3v) is 5.15. The van der Waals surface area contributed by atoms with Gasteiger partial charge in [-0.1, -0.05) is 12.8 Å². The summed E-state index contributed by atoms with van der Waals surface area (Å²) >= 11 is 0. The molecule has 1 aliphatic carbocycles. The van der Waals surface area contributed by atoms with Crippen molar-refractivity contribution in [3.8, 4) is 0 Å². The zero-order chi connectivity index (χ0) is 16.2. The molecule has 2 aliphatic rings. The number of nitro groups is 1. The summed E-state index contributed by atoms with van der Waals surface area (Å²) in [6.45, 7) is 3.37. The highest BCUT2D eigenvalue weighted by Crippen LogP contribution is 2.37. The third-order valence-electron chi connectivity index (χ3n) is 5.15. The van der Waals surface area contributed by atoms with Crippen LogP contribution >= 0.6 is 0 Å². The Kier molecular flexibility index (Phi) is 5.25. The number of benzene rings is 1. The molecule has 0 amide bonds. The second kappa shape index (κ2) is 7.38. The van der Waals surface area contributed by atoms with Gasteiger partial charge in [0.1, 0.15) is 0 Å². The number of morpholine rings is 1. The van der Waals surface area contributed by atoms with Gasteiger partial charge >= 0.3 is 0 Å². The minimum atomic E-state index is -0.566. The van der Waals surface area contributed by atoms with Crippen LogP contribution in [0.3, 0.4) is 0 Å². The number of rotatable bonds is 4. The van der Waals surface area contributed by atoms with Crippen molar-refractivity contribution in [1.82, 2.24) is 4.90 Å². The van der Waals surface area contributed by atoms with Gasteiger partial charge in [-0.3, -0.25) is 15.0 Å². The number of nitro benzene ring substituents is 1. The van der Waals surface area contributed by atoms with Gasteiger partial charge in [0.25, 0.3) is 5.69 Å². The second-order valence-corrected chi connectivity index (χ2v) is 6.46. The Hall–Kier alpha value is -1.50. The lowest BCUT2D eigenvalue weighted by molar-refractivity contribution is -0.384. The molecule has 1 N–H and O–H groups in total. The summed E-state index contributed by atoms with van der Waals surface area (Å²) < 4.78 is 5.44. The monoisotopic (exact) mass is 320 g/mol. The second-order valence-electron chi connectivity index (χ2n) is 6.46. The maximum atomic E-state index is 10.8. The molecule has 3 rings (SSSR count). The van der Waals surface area contributed by atoms with Crippen molar-refractivity contribution in [1.29, 1.82) is 0 Å². The summed E-state index contributed by atoms with van der Waals surface area (Å²) in [4.78, 5) is 12.8. The molecule has 0 bridgehead atoms. The highest BCUT2D eigenvalue weighted by atomic mass is 16.6. The van der Waals surface area contributed by atoms with Crippen LogP contribution in [0.4, 0.5) is 5.69 Å². The highest BCUT2D eigenvalue weighted by Gasteiger charge is 2.35. The first-order chi connectivity index (χ1) is 11.2. The van der Waals surface area contributed by atoms with Crippen LogP contribution in [-0.2, 0) is 4.74 Å². The molecule has 1 heterocycles. The van der Waals surface area contributed by atoms with Crippen molar-refractivity contribution < 1.29 is 14.8 Å². The first-order valence-electron chi connectivity index (χ1n) is 8.41. The van der Waals surface area contributed by atoms with Crippen molar-refractivity contribution in [2.45, 2.75) is 37.8 Å². The highest BCUT2D eigenvalue weighted by molar-refractivity contribution is 5.34. The number of hydrogen-bond acceptors (Lipinski definition) is 5. The van der Waals surface area contributed by atoms with Crippen LogP contribution in [0, 0.1) is 16.0 Å². The fourth-order valence-electron chi connectivity index (χ4n) is 3.91. The molecule has 1 saturated heterocycles. The summed E-state index contributed by atoms with van der Waals surface area (Å²) in [5.74, 6) is 0.184. The molecule has 6 heteroatoms. The summed E-state index contributed by atoms with van der Waals surface area (Å²) in [6.07, 6.45) is 3.87. The van der Waals surface area contributed by atoms with Gasteiger partial charge in [-0.25, -0.2) is 0 Å². The average Bonchev–Trinajstić information content (AvgIpc) is 2.62. The Bertz CT molecular complexity index is 528. The SMILES string of the molecule is O=[N+]([O-])c1ccc([C@H](O)[C@@H]2CCCC[C@H]2N2CCOCC2)cc1. The average molecular weight is 320 g/mol. The molecule has 23 heavy (non-hydrogen) atoms. The minimum Gasteiger partial charge on any atom is -0.388 e. The van der Waals surface area contributed by atoms with Crippen molar-refractivity contribution in [3.05, 3.63) is 39.9 Å². The lowest BCUT2D eigenvalue weighted by Crippen LogP contribution is -2.49. The molecule has 126 valence electrons. The van der Waals surface area contributed by atoms with Gasteiger partial charge in [-0.05, 0) is 30.5 Å². The summed E-state index contributed by atoms with van der Waals surface area (Å²) in [5, 5.41) is 21.6. The lowest BCUT2D eigenvalue weighted by Gasteiger charge is -2.43. The molecular weight excluding hydrogens is 296 g/mol. The van der Waals surface area contributed by atoms with Crippen LogP contribution in [0.2, 0.25) is 0 Å².